The average molecular weight is 331 g/mol. The minimum absolute atomic E-state index is 0.0275. The molecule has 1 nitrogen and oxygen atoms in total. The predicted molar refractivity (Wildman–Crippen MR) is 74.0 cm³/mol. The fraction of sp³-hybridized carbons (Fsp3) is 0.533. The van der Waals surface area contributed by atoms with Crippen LogP contribution in [0.2, 0.25) is 0 Å². The van der Waals surface area contributed by atoms with E-state index >= 15 is 0 Å². The van der Waals surface area contributed by atoms with Crippen molar-refractivity contribution in [1.29, 1.82) is 0 Å². The summed E-state index contributed by atoms with van der Waals surface area (Å²) in [7, 11) is 0. The zero-order valence-electron chi connectivity index (χ0n) is 10.7. The first-order chi connectivity index (χ1) is 9.09. The van der Waals surface area contributed by atoms with Gasteiger partial charge in [0.05, 0.1) is 4.47 Å². The third kappa shape index (κ3) is 3.62. The fourth-order valence-corrected chi connectivity index (χ4v) is 3.02. The quantitative estimate of drug-likeness (QED) is 0.574. The van der Waals surface area contributed by atoms with Gasteiger partial charge in [0.2, 0.25) is 0 Å². The Morgan fingerprint density at radius 3 is 2.42 bits per heavy atom. The van der Waals surface area contributed by atoms with Crippen LogP contribution in [-0.4, -0.2) is 5.78 Å². The molecule has 0 aromatic heterocycles. The van der Waals surface area contributed by atoms with Gasteiger partial charge in [-0.25, -0.2) is 8.78 Å². The second kappa shape index (κ2) is 6.60. The Balaban J connectivity index is 2.12. The summed E-state index contributed by atoms with van der Waals surface area (Å²) in [5.74, 6) is -1.34. The van der Waals surface area contributed by atoms with Gasteiger partial charge < -0.3 is 0 Å². The average Bonchev–Trinajstić information content (AvgIpc) is 2.68. The molecule has 0 bridgehead atoms. The van der Waals surface area contributed by atoms with Crippen molar-refractivity contribution in [3.63, 3.8) is 0 Å². The minimum Gasteiger partial charge on any atom is -0.299 e. The maximum Gasteiger partial charge on any atom is 0.143 e. The molecule has 2 rings (SSSR count). The standard InChI is InChI=1S/C15H17BrF2O/c16-12-7-8-13(17)11(15(12)18)9-14(19)10-5-3-1-2-4-6-10/h7-8,10H,1-6,9H2. The van der Waals surface area contributed by atoms with Crippen molar-refractivity contribution in [2.75, 3.05) is 0 Å². The molecule has 0 saturated heterocycles. The topological polar surface area (TPSA) is 17.1 Å². The van der Waals surface area contributed by atoms with Crippen LogP contribution in [0.15, 0.2) is 16.6 Å². The number of halogens is 3. The number of benzene rings is 1. The maximum absolute atomic E-state index is 13.8. The third-order valence-corrected chi connectivity index (χ3v) is 4.41. The molecule has 19 heavy (non-hydrogen) atoms. The molecular formula is C15H17BrF2O. The smallest absolute Gasteiger partial charge is 0.143 e. The lowest BCUT2D eigenvalue weighted by atomic mass is 9.91. The van der Waals surface area contributed by atoms with Crippen molar-refractivity contribution < 1.29 is 13.6 Å². The Morgan fingerprint density at radius 2 is 1.79 bits per heavy atom. The number of hydrogen-bond donors (Lipinski definition) is 0. The maximum atomic E-state index is 13.8. The molecule has 0 aliphatic heterocycles. The Morgan fingerprint density at radius 1 is 1.16 bits per heavy atom. The van der Waals surface area contributed by atoms with E-state index in [0.29, 0.717) is 0 Å². The van der Waals surface area contributed by atoms with E-state index in [2.05, 4.69) is 15.9 Å². The van der Waals surface area contributed by atoms with Gasteiger partial charge in [-0.2, -0.15) is 0 Å². The van der Waals surface area contributed by atoms with Crippen LogP contribution in [-0.2, 0) is 11.2 Å². The molecule has 1 saturated carbocycles. The molecule has 0 atom stereocenters. The van der Waals surface area contributed by atoms with Gasteiger partial charge in [-0.3, -0.25) is 4.79 Å². The summed E-state index contributed by atoms with van der Waals surface area (Å²) >= 11 is 3.03. The largest absolute Gasteiger partial charge is 0.299 e. The second-order valence-electron chi connectivity index (χ2n) is 5.15. The van der Waals surface area contributed by atoms with Gasteiger partial charge in [0.25, 0.3) is 0 Å². The Hall–Kier alpha value is -0.770. The number of ketones is 1. The van der Waals surface area contributed by atoms with Crippen LogP contribution in [0.1, 0.15) is 44.1 Å². The van der Waals surface area contributed by atoms with Crippen molar-refractivity contribution in [2.45, 2.75) is 44.9 Å². The molecule has 0 unspecified atom stereocenters. The van der Waals surface area contributed by atoms with E-state index in [4.69, 9.17) is 0 Å². The summed E-state index contributed by atoms with van der Waals surface area (Å²) in [6.45, 7) is 0. The molecular weight excluding hydrogens is 314 g/mol. The van der Waals surface area contributed by atoms with E-state index in [1.807, 2.05) is 0 Å². The highest BCUT2D eigenvalue weighted by Crippen LogP contribution is 2.27. The highest BCUT2D eigenvalue weighted by molar-refractivity contribution is 9.10. The summed E-state index contributed by atoms with van der Waals surface area (Å²) in [6.07, 6.45) is 5.97. The Labute approximate surface area is 120 Å². The first-order valence-electron chi connectivity index (χ1n) is 6.74. The number of Topliss-reactive ketones (excluding diaryl/α,β-unsaturated/α-hetero) is 1. The van der Waals surface area contributed by atoms with Gasteiger partial charge in [-0.15, -0.1) is 0 Å². The normalized spacial score (nSPS) is 17.2. The van der Waals surface area contributed by atoms with Crippen molar-refractivity contribution in [1.82, 2.24) is 0 Å². The molecule has 0 amide bonds. The van der Waals surface area contributed by atoms with Crippen molar-refractivity contribution in [2.24, 2.45) is 5.92 Å². The Bertz CT molecular complexity index is 465. The van der Waals surface area contributed by atoms with Crippen LogP contribution in [0.25, 0.3) is 0 Å². The van der Waals surface area contributed by atoms with E-state index in [0.717, 1.165) is 38.5 Å². The van der Waals surface area contributed by atoms with Crippen molar-refractivity contribution in [3.8, 4) is 0 Å². The van der Waals surface area contributed by atoms with Gasteiger partial charge in [0.1, 0.15) is 17.4 Å². The molecule has 0 radical (unpaired) electrons. The van der Waals surface area contributed by atoms with Gasteiger partial charge in [-0.1, -0.05) is 25.7 Å². The van der Waals surface area contributed by atoms with Crippen LogP contribution in [0.5, 0.6) is 0 Å². The van der Waals surface area contributed by atoms with Crippen LogP contribution >= 0.6 is 15.9 Å². The third-order valence-electron chi connectivity index (χ3n) is 3.80. The lowest BCUT2D eigenvalue weighted by molar-refractivity contribution is -0.122. The summed E-state index contributed by atoms with van der Waals surface area (Å²) in [5.41, 5.74) is -0.108. The monoisotopic (exact) mass is 330 g/mol. The molecule has 0 N–H and O–H groups in total. The molecule has 1 aromatic carbocycles. The van der Waals surface area contributed by atoms with E-state index < -0.39 is 11.6 Å². The first kappa shape index (κ1) is 14.6. The second-order valence-corrected chi connectivity index (χ2v) is 6.01. The highest BCUT2D eigenvalue weighted by Gasteiger charge is 2.23. The van der Waals surface area contributed by atoms with Crippen molar-refractivity contribution in [3.05, 3.63) is 33.8 Å². The molecule has 1 aliphatic carbocycles. The van der Waals surface area contributed by atoms with E-state index in [-0.39, 0.29) is 28.2 Å². The zero-order chi connectivity index (χ0) is 13.8. The Kier molecular flexibility index (Phi) is 5.08. The lowest BCUT2D eigenvalue weighted by Gasteiger charge is -2.13. The minimum atomic E-state index is -0.651. The summed E-state index contributed by atoms with van der Waals surface area (Å²) in [4.78, 5) is 12.2. The van der Waals surface area contributed by atoms with Gasteiger partial charge in [-0.05, 0) is 40.9 Å². The number of carbonyl (C=O) groups is 1. The number of hydrogen-bond acceptors (Lipinski definition) is 1. The summed E-state index contributed by atoms with van der Waals surface area (Å²) in [6, 6.07) is 2.52. The molecule has 1 fully saturated rings. The van der Waals surface area contributed by atoms with Crippen LogP contribution in [0.4, 0.5) is 8.78 Å². The summed E-state index contributed by atoms with van der Waals surface area (Å²) < 4.78 is 27.7. The summed E-state index contributed by atoms with van der Waals surface area (Å²) in [5, 5.41) is 0. The van der Waals surface area contributed by atoms with E-state index in [1.165, 1.54) is 12.1 Å². The molecule has 1 aromatic rings. The van der Waals surface area contributed by atoms with Crippen molar-refractivity contribution >= 4 is 21.7 Å². The fourth-order valence-electron chi connectivity index (χ4n) is 2.65. The van der Waals surface area contributed by atoms with Gasteiger partial charge in [0, 0.05) is 17.9 Å². The van der Waals surface area contributed by atoms with Gasteiger partial charge >= 0.3 is 0 Å². The number of carbonyl (C=O) groups excluding carboxylic acids is 1. The van der Waals surface area contributed by atoms with Crippen LogP contribution in [0, 0.1) is 17.6 Å². The number of rotatable bonds is 3. The van der Waals surface area contributed by atoms with Gasteiger partial charge in [0.15, 0.2) is 0 Å². The molecule has 104 valence electrons. The SMILES string of the molecule is O=C(Cc1c(F)ccc(Br)c1F)C1CCCCCC1. The molecule has 4 heteroatoms. The first-order valence-corrected chi connectivity index (χ1v) is 7.54. The zero-order valence-corrected chi connectivity index (χ0v) is 12.3. The predicted octanol–water partition coefficient (Wildman–Crippen LogP) is 4.81. The molecule has 0 heterocycles. The van der Waals surface area contributed by atoms with E-state index in [9.17, 15) is 13.6 Å². The van der Waals surface area contributed by atoms with Crippen LogP contribution in [0.3, 0.4) is 0 Å². The molecule has 0 spiro atoms. The highest BCUT2D eigenvalue weighted by atomic mass is 79.9. The lowest BCUT2D eigenvalue weighted by Crippen LogP contribution is -2.17. The van der Waals surface area contributed by atoms with E-state index in [1.54, 1.807) is 0 Å². The molecule has 1 aliphatic rings. The van der Waals surface area contributed by atoms with Crippen LogP contribution < -0.4 is 0 Å².